The highest BCUT2D eigenvalue weighted by Crippen LogP contribution is 2.18. The largest absolute Gasteiger partial charge is 0.323 e. The van der Waals surface area contributed by atoms with E-state index >= 15 is 0 Å². The number of nitrogens with zero attached hydrogens (tertiary/aromatic N) is 2. The Bertz CT molecular complexity index is 1060. The van der Waals surface area contributed by atoms with Gasteiger partial charge in [0.25, 0.3) is 10.0 Å². The summed E-state index contributed by atoms with van der Waals surface area (Å²) in [7, 11) is -3.80. The predicted octanol–water partition coefficient (Wildman–Crippen LogP) is 3.02. The maximum absolute atomic E-state index is 12.2. The number of sulfonamides is 1. The Morgan fingerprint density at radius 3 is 2.52 bits per heavy atom. The summed E-state index contributed by atoms with van der Waals surface area (Å²) in [5, 5.41) is 8.66. The number of carbonyl (C=O) groups is 1. The maximum atomic E-state index is 12.2. The van der Waals surface area contributed by atoms with Crippen LogP contribution in [0.2, 0.25) is 0 Å². The summed E-state index contributed by atoms with van der Waals surface area (Å²) in [5.41, 5.74) is 1.34. The quantitative estimate of drug-likeness (QED) is 0.502. The molecular weight excluding hydrogens is 434 g/mol. The van der Waals surface area contributed by atoms with Crippen LogP contribution in [0, 0.1) is 0 Å². The van der Waals surface area contributed by atoms with Crippen molar-refractivity contribution in [2.75, 3.05) is 10.0 Å². The summed E-state index contributed by atoms with van der Waals surface area (Å²) >= 11 is 3.40. The molecule has 1 heterocycles. The number of hydrogen-bond acceptors (Lipinski definition) is 5. The first-order valence-corrected chi connectivity index (χ1v) is 9.93. The van der Waals surface area contributed by atoms with Crippen molar-refractivity contribution in [3.63, 3.8) is 0 Å². The van der Waals surface area contributed by atoms with Crippen LogP contribution in [-0.4, -0.2) is 29.5 Å². The number of halogens is 1. The van der Waals surface area contributed by atoms with Gasteiger partial charge in [-0.3, -0.25) is 4.79 Å². The Morgan fingerprint density at radius 1 is 1.11 bits per heavy atom. The Labute approximate surface area is 163 Å². The monoisotopic (exact) mass is 447 g/mol. The molecule has 0 spiro atoms. The maximum Gasteiger partial charge on any atom is 0.264 e. The Balaban J connectivity index is 1.65. The Morgan fingerprint density at radius 2 is 1.85 bits per heavy atom. The van der Waals surface area contributed by atoms with E-state index in [-0.39, 0.29) is 16.8 Å². The van der Waals surface area contributed by atoms with Crippen LogP contribution in [0.1, 0.15) is 5.56 Å². The van der Waals surface area contributed by atoms with Crippen LogP contribution in [0.5, 0.6) is 0 Å². The van der Waals surface area contributed by atoms with Crippen LogP contribution in [0.3, 0.4) is 0 Å². The normalized spacial score (nSPS) is 11.4. The number of H-pyrrole nitrogens is 1. The lowest BCUT2D eigenvalue weighted by Gasteiger charge is -2.07. The average molecular weight is 448 g/mol. The lowest BCUT2D eigenvalue weighted by molar-refractivity contribution is -0.111. The van der Waals surface area contributed by atoms with Crippen molar-refractivity contribution in [1.82, 2.24) is 15.2 Å². The van der Waals surface area contributed by atoms with Gasteiger partial charge in [-0.15, -0.1) is 0 Å². The number of amides is 1. The molecule has 0 aliphatic carbocycles. The zero-order valence-electron chi connectivity index (χ0n) is 13.8. The van der Waals surface area contributed by atoms with E-state index in [0.717, 1.165) is 10.0 Å². The SMILES string of the molecule is O=C(/C=C/c1ccccc1Br)Nc1ccc(S(=O)(=O)Nc2ncn[nH]2)cc1. The van der Waals surface area contributed by atoms with E-state index < -0.39 is 10.0 Å². The van der Waals surface area contributed by atoms with Gasteiger partial charge in [0.1, 0.15) is 6.33 Å². The molecule has 8 nitrogen and oxygen atoms in total. The minimum Gasteiger partial charge on any atom is -0.323 e. The van der Waals surface area contributed by atoms with Crippen molar-refractivity contribution < 1.29 is 13.2 Å². The van der Waals surface area contributed by atoms with E-state index in [4.69, 9.17) is 0 Å². The second-order valence-electron chi connectivity index (χ2n) is 5.31. The molecule has 0 unspecified atom stereocenters. The Hall–Kier alpha value is -2.98. The summed E-state index contributed by atoms with van der Waals surface area (Å²) in [6.07, 6.45) is 4.27. The van der Waals surface area contributed by atoms with Gasteiger partial charge in [-0.05, 0) is 42.0 Å². The topological polar surface area (TPSA) is 117 Å². The zero-order chi connectivity index (χ0) is 19.3. The molecule has 27 heavy (non-hydrogen) atoms. The molecule has 3 rings (SSSR count). The number of anilines is 2. The van der Waals surface area contributed by atoms with Crippen LogP contribution in [-0.2, 0) is 14.8 Å². The zero-order valence-corrected chi connectivity index (χ0v) is 16.2. The van der Waals surface area contributed by atoms with Crippen molar-refractivity contribution in [2.45, 2.75) is 4.90 Å². The molecule has 3 N–H and O–H groups in total. The summed E-state index contributed by atoms with van der Waals surface area (Å²) in [6, 6.07) is 13.3. The van der Waals surface area contributed by atoms with Crippen molar-refractivity contribution in [3.8, 4) is 0 Å². The highest BCUT2D eigenvalue weighted by molar-refractivity contribution is 9.10. The van der Waals surface area contributed by atoms with Crippen molar-refractivity contribution in [3.05, 3.63) is 71.0 Å². The third kappa shape index (κ3) is 5.02. The van der Waals surface area contributed by atoms with Gasteiger partial charge in [-0.1, -0.05) is 34.1 Å². The lowest BCUT2D eigenvalue weighted by Crippen LogP contribution is -2.14. The van der Waals surface area contributed by atoms with E-state index in [1.165, 1.54) is 36.7 Å². The molecule has 0 bridgehead atoms. The lowest BCUT2D eigenvalue weighted by atomic mass is 10.2. The minimum absolute atomic E-state index is 0.0181. The summed E-state index contributed by atoms with van der Waals surface area (Å²) < 4.78 is 27.6. The van der Waals surface area contributed by atoms with Crippen molar-refractivity contribution in [2.24, 2.45) is 0 Å². The van der Waals surface area contributed by atoms with Crippen LogP contribution in [0.15, 0.2) is 70.3 Å². The molecule has 1 aromatic heterocycles. The highest BCUT2D eigenvalue weighted by atomic mass is 79.9. The molecule has 3 aromatic rings. The number of benzene rings is 2. The van der Waals surface area contributed by atoms with Crippen molar-refractivity contribution in [1.29, 1.82) is 0 Å². The van der Waals surface area contributed by atoms with E-state index in [1.54, 1.807) is 6.08 Å². The summed E-state index contributed by atoms with van der Waals surface area (Å²) in [4.78, 5) is 15.8. The second-order valence-corrected chi connectivity index (χ2v) is 7.84. The first-order valence-electron chi connectivity index (χ1n) is 7.66. The number of rotatable bonds is 6. The predicted molar refractivity (Wildman–Crippen MR) is 105 cm³/mol. The van der Waals surface area contributed by atoms with Crippen LogP contribution >= 0.6 is 15.9 Å². The number of aromatic amines is 1. The van der Waals surface area contributed by atoms with Gasteiger partial charge >= 0.3 is 0 Å². The third-order valence-corrected chi connectivity index (χ3v) is 5.47. The fourth-order valence-electron chi connectivity index (χ4n) is 2.12. The van der Waals surface area contributed by atoms with E-state index in [9.17, 15) is 13.2 Å². The first kappa shape index (κ1) is 18.8. The smallest absolute Gasteiger partial charge is 0.264 e. The minimum atomic E-state index is -3.80. The molecular formula is C17H14BrN5O3S. The number of carbonyl (C=O) groups excluding carboxylic acids is 1. The van der Waals surface area contributed by atoms with Gasteiger partial charge in [0, 0.05) is 16.2 Å². The Kier molecular flexibility index (Phi) is 5.67. The van der Waals surface area contributed by atoms with E-state index in [0.29, 0.717) is 5.69 Å². The van der Waals surface area contributed by atoms with Gasteiger partial charge in [-0.2, -0.15) is 10.1 Å². The molecule has 0 fully saturated rings. The van der Waals surface area contributed by atoms with Gasteiger partial charge in [0.05, 0.1) is 4.90 Å². The molecule has 0 aliphatic rings. The van der Waals surface area contributed by atoms with Gasteiger partial charge < -0.3 is 5.32 Å². The first-order chi connectivity index (χ1) is 12.9. The van der Waals surface area contributed by atoms with Crippen LogP contribution < -0.4 is 10.0 Å². The highest BCUT2D eigenvalue weighted by Gasteiger charge is 2.15. The standard InChI is InChI=1S/C17H14BrN5O3S/c18-15-4-2-1-3-12(15)5-10-16(24)21-13-6-8-14(9-7-13)27(25,26)23-17-19-11-20-22-17/h1-11H,(H,21,24)(H2,19,20,22,23)/b10-5+. The molecule has 0 atom stereocenters. The molecule has 2 aromatic carbocycles. The molecule has 0 aliphatic heterocycles. The van der Waals surface area contributed by atoms with Gasteiger partial charge in [0.2, 0.25) is 11.9 Å². The molecule has 138 valence electrons. The third-order valence-electron chi connectivity index (χ3n) is 3.40. The summed E-state index contributed by atoms with van der Waals surface area (Å²) in [5.74, 6) is -0.314. The average Bonchev–Trinajstić information content (AvgIpc) is 3.14. The molecule has 0 saturated heterocycles. The molecule has 10 heteroatoms. The van der Waals surface area contributed by atoms with Crippen LogP contribution in [0.4, 0.5) is 11.6 Å². The van der Waals surface area contributed by atoms with E-state index in [1.807, 2.05) is 24.3 Å². The number of aromatic nitrogens is 3. The van der Waals surface area contributed by atoms with Crippen molar-refractivity contribution >= 4 is 49.6 Å². The second kappa shape index (κ2) is 8.14. The van der Waals surface area contributed by atoms with Gasteiger partial charge in [0.15, 0.2) is 0 Å². The van der Waals surface area contributed by atoms with E-state index in [2.05, 4.69) is 41.2 Å². The van der Waals surface area contributed by atoms with Gasteiger partial charge in [-0.25, -0.2) is 18.2 Å². The molecule has 0 radical (unpaired) electrons. The fraction of sp³-hybridized carbons (Fsp3) is 0. The summed E-state index contributed by atoms with van der Waals surface area (Å²) in [6.45, 7) is 0. The number of nitrogens with one attached hydrogen (secondary N) is 3. The fourth-order valence-corrected chi connectivity index (χ4v) is 3.50. The number of hydrogen-bond donors (Lipinski definition) is 3. The molecule has 0 saturated carbocycles. The van der Waals surface area contributed by atoms with Crippen LogP contribution in [0.25, 0.3) is 6.08 Å². The molecule has 1 amide bonds.